The molecule has 0 N–H and O–H groups in total. The van der Waals surface area contributed by atoms with Crippen LogP contribution in [0, 0.1) is 5.92 Å². The fourth-order valence-corrected chi connectivity index (χ4v) is 2.25. The molecule has 0 amide bonds. The van der Waals surface area contributed by atoms with Gasteiger partial charge in [-0.15, -0.1) is 11.8 Å². The Balaban J connectivity index is 2.47. The minimum absolute atomic E-state index is 0.0802. The SMILES string of the molecule is CC(=O)C(C)CSC(=S)c1ccccc1. The van der Waals surface area contributed by atoms with E-state index in [0.717, 1.165) is 15.5 Å². The van der Waals surface area contributed by atoms with E-state index in [2.05, 4.69) is 0 Å². The first kappa shape index (κ1) is 12.4. The number of rotatable bonds is 4. The quantitative estimate of drug-likeness (QED) is 0.749. The van der Waals surface area contributed by atoms with E-state index in [-0.39, 0.29) is 11.7 Å². The van der Waals surface area contributed by atoms with Crippen molar-refractivity contribution in [3.8, 4) is 0 Å². The number of ketones is 1. The minimum Gasteiger partial charge on any atom is -0.300 e. The van der Waals surface area contributed by atoms with Crippen molar-refractivity contribution >= 4 is 34.0 Å². The van der Waals surface area contributed by atoms with Crippen LogP contribution in [0.1, 0.15) is 19.4 Å². The van der Waals surface area contributed by atoms with E-state index in [4.69, 9.17) is 12.2 Å². The lowest BCUT2D eigenvalue weighted by Gasteiger charge is -2.07. The van der Waals surface area contributed by atoms with E-state index in [9.17, 15) is 4.79 Å². The lowest BCUT2D eigenvalue weighted by Crippen LogP contribution is -2.10. The normalized spacial score (nSPS) is 12.1. The van der Waals surface area contributed by atoms with Gasteiger partial charge in [0.1, 0.15) is 5.78 Å². The van der Waals surface area contributed by atoms with Gasteiger partial charge in [0.2, 0.25) is 0 Å². The zero-order valence-corrected chi connectivity index (χ0v) is 10.5. The highest BCUT2D eigenvalue weighted by Crippen LogP contribution is 2.17. The summed E-state index contributed by atoms with van der Waals surface area (Å²) in [6, 6.07) is 9.89. The van der Waals surface area contributed by atoms with Crippen LogP contribution in [-0.2, 0) is 4.79 Å². The van der Waals surface area contributed by atoms with Crippen LogP contribution in [0.4, 0.5) is 0 Å². The molecule has 1 rings (SSSR count). The Hall–Kier alpha value is -0.670. The van der Waals surface area contributed by atoms with Crippen LogP contribution in [0.15, 0.2) is 30.3 Å². The molecule has 0 saturated carbocycles. The first-order chi connectivity index (χ1) is 7.11. The average molecular weight is 238 g/mol. The van der Waals surface area contributed by atoms with Gasteiger partial charge in [0.25, 0.3) is 0 Å². The molecule has 3 heteroatoms. The first-order valence-electron chi connectivity index (χ1n) is 4.84. The predicted octanol–water partition coefficient (Wildman–Crippen LogP) is 3.32. The molecule has 1 aromatic carbocycles. The van der Waals surface area contributed by atoms with E-state index in [1.54, 1.807) is 18.7 Å². The Bertz CT molecular complexity index is 346. The fourth-order valence-electron chi connectivity index (χ4n) is 0.976. The Labute approximate surface area is 100 Å². The molecule has 0 saturated heterocycles. The summed E-state index contributed by atoms with van der Waals surface area (Å²) >= 11 is 6.85. The van der Waals surface area contributed by atoms with Gasteiger partial charge >= 0.3 is 0 Å². The lowest BCUT2D eigenvalue weighted by atomic mass is 10.1. The number of thiocarbonyl (C=S) groups is 1. The van der Waals surface area contributed by atoms with Gasteiger partial charge in [-0.3, -0.25) is 4.79 Å². The summed E-state index contributed by atoms with van der Waals surface area (Å²) in [5, 5.41) is 0. The van der Waals surface area contributed by atoms with Gasteiger partial charge in [0.15, 0.2) is 0 Å². The maximum Gasteiger partial charge on any atom is 0.133 e. The largest absolute Gasteiger partial charge is 0.300 e. The zero-order valence-electron chi connectivity index (χ0n) is 8.90. The topological polar surface area (TPSA) is 17.1 Å². The second kappa shape index (κ2) is 6.03. The van der Waals surface area contributed by atoms with E-state index >= 15 is 0 Å². The standard InChI is InChI=1S/C12H14OS2/c1-9(10(2)13)8-15-12(14)11-6-4-3-5-7-11/h3-7,9H,8H2,1-2H3. The maximum absolute atomic E-state index is 11.0. The van der Waals surface area contributed by atoms with E-state index in [0.29, 0.717) is 0 Å². The van der Waals surface area contributed by atoms with Crippen LogP contribution in [0.3, 0.4) is 0 Å². The van der Waals surface area contributed by atoms with Crippen molar-refractivity contribution in [1.29, 1.82) is 0 Å². The molecule has 0 bridgehead atoms. The van der Waals surface area contributed by atoms with Crippen molar-refractivity contribution in [3.63, 3.8) is 0 Å². The van der Waals surface area contributed by atoms with Crippen LogP contribution in [0.5, 0.6) is 0 Å². The minimum atomic E-state index is 0.0802. The molecular formula is C12H14OS2. The molecule has 0 aromatic heterocycles. The van der Waals surface area contributed by atoms with E-state index < -0.39 is 0 Å². The number of hydrogen-bond acceptors (Lipinski definition) is 3. The molecule has 15 heavy (non-hydrogen) atoms. The van der Waals surface area contributed by atoms with Crippen molar-refractivity contribution in [2.45, 2.75) is 13.8 Å². The third-order valence-electron chi connectivity index (χ3n) is 2.17. The molecule has 1 nitrogen and oxygen atoms in total. The molecular weight excluding hydrogens is 224 g/mol. The van der Waals surface area contributed by atoms with Crippen molar-refractivity contribution in [3.05, 3.63) is 35.9 Å². The van der Waals surface area contributed by atoms with Gasteiger partial charge in [-0.05, 0) is 12.5 Å². The molecule has 0 heterocycles. The second-order valence-corrected chi connectivity index (χ2v) is 5.17. The van der Waals surface area contributed by atoms with Crippen LogP contribution in [0.25, 0.3) is 0 Å². The molecule has 0 fully saturated rings. The summed E-state index contributed by atoms with van der Waals surface area (Å²) in [4.78, 5) is 11.0. The molecule has 0 aliphatic heterocycles. The molecule has 80 valence electrons. The van der Waals surface area contributed by atoms with Gasteiger partial charge in [-0.2, -0.15) is 0 Å². The Morgan fingerprint density at radius 3 is 2.53 bits per heavy atom. The third-order valence-corrected chi connectivity index (χ3v) is 3.92. The Morgan fingerprint density at radius 2 is 2.00 bits per heavy atom. The third kappa shape index (κ3) is 4.14. The summed E-state index contributed by atoms with van der Waals surface area (Å²) in [5.74, 6) is 1.07. The van der Waals surface area contributed by atoms with Gasteiger partial charge in [-0.25, -0.2) is 0 Å². The van der Waals surface area contributed by atoms with Crippen LogP contribution < -0.4 is 0 Å². The maximum atomic E-state index is 11.0. The van der Waals surface area contributed by atoms with Crippen molar-refractivity contribution in [2.24, 2.45) is 5.92 Å². The number of Topliss-reactive ketones (excluding diaryl/α,β-unsaturated/α-hetero) is 1. The Kier molecular flexibility index (Phi) is 4.99. The lowest BCUT2D eigenvalue weighted by molar-refractivity contribution is -0.119. The number of carbonyl (C=O) groups is 1. The predicted molar refractivity (Wildman–Crippen MR) is 70.4 cm³/mol. The number of carbonyl (C=O) groups excluding carboxylic acids is 1. The summed E-state index contributed by atoms with van der Waals surface area (Å²) in [6.45, 7) is 3.56. The van der Waals surface area contributed by atoms with E-state index in [1.165, 1.54) is 0 Å². The van der Waals surface area contributed by atoms with Gasteiger partial charge in [-0.1, -0.05) is 49.5 Å². The number of thioether (sulfide) groups is 1. The highest BCUT2D eigenvalue weighted by Gasteiger charge is 2.09. The molecule has 1 atom stereocenters. The fraction of sp³-hybridized carbons (Fsp3) is 0.333. The molecule has 0 spiro atoms. The highest BCUT2D eigenvalue weighted by molar-refractivity contribution is 8.23. The summed E-state index contributed by atoms with van der Waals surface area (Å²) < 4.78 is 0.865. The monoisotopic (exact) mass is 238 g/mol. The van der Waals surface area contributed by atoms with E-state index in [1.807, 2.05) is 37.3 Å². The Morgan fingerprint density at radius 1 is 1.40 bits per heavy atom. The number of hydrogen-bond donors (Lipinski definition) is 0. The number of benzene rings is 1. The van der Waals surface area contributed by atoms with Gasteiger partial charge < -0.3 is 0 Å². The molecule has 1 aromatic rings. The average Bonchev–Trinajstić information content (AvgIpc) is 2.26. The molecule has 0 aliphatic rings. The van der Waals surface area contributed by atoms with Crippen LogP contribution in [-0.4, -0.2) is 15.7 Å². The van der Waals surface area contributed by atoms with Gasteiger partial charge in [0, 0.05) is 11.7 Å². The molecule has 0 aliphatic carbocycles. The second-order valence-electron chi connectivity index (χ2n) is 3.48. The molecule has 1 unspecified atom stereocenters. The summed E-state index contributed by atoms with van der Waals surface area (Å²) in [5.41, 5.74) is 1.06. The summed E-state index contributed by atoms with van der Waals surface area (Å²) in [7, 11) is 0. The smallest absolute Gasteiger partial charge is 0.133 e. The van der Waals surface area contributed by atoms with Crippen LogP contribution in [0.2, 0.25) is 0 Å². The van der Waals surface area contributed by atoms with Crippen LogP contribution >= 0.6 is 24.0 Å². The zero-order chi connectivity index (χ0) is 11.3. The van der Waals surface area contributed by atoms with Crippen molar-refractivity contribution in [1.82, 2.24) is 0 Å². The highest BCUT2D eigenvalue weighted by atomic mass is 32.2. The summed E-state index contributed by atoms with van der Waals surface area (Å²) in [6.07, 6.45) is 0. The molecule has 0 radical (unpaired) electrons. The van der Waals surface area contributed by atoms with Crippen molar-refractivity contribution < 1.29 is 4.79 Å². The van der Waals surface area contributed by atoms with Crippen molar-refractivity contribution in [2.75, 3.05) is 5.75 Å². The van der Waals surface area contributed by atoms with Gasteiger partial charge in [0.05, 0.1) is 4.20 Å². The first-order valence-corrected chi connectivity index (χ1v) is 6.23.